The van der Waals surface area contributed by atoms with Gasteiger partial charge >= 0.3 is 12.0 Å². The Morgan fingerprint density at radius 3 is 2.76 bits per heavy atom. The summed E-state index contributed by atoms with van der Waals surface area (Å²) in [7, 11) is 1.53. The minimum absolute atomic E-state index is 0.242. The standard InChI is InChI=1S/C13H23N3O5/c1-21-7-3-5-10(12(18)19)15-13(20)16-6-2-4-9(8-16)11(14)17/h9-10H,2-8H2,1H3,(H2,14,17)(H,15,20)(H,18,19). The summed E-state index contributed by atoms with van der Waals surface area (Å²) in [4.78, 5) is 35.9. The van der Waals surface area contributed by atoms with Gasteiger partial charge in [-0.3, -0.25) is 4.79 Å². The van der Waals surface area contributed by atoms with E-state index in [0.29, 0.717) is 38.8 Å². The van der Waals surface area contributed by atoms with Crippen molar-refractivity contribution in [2.24, 2.45) is 11.7 Å². The number of aliphatic carboxylic acids is 1. The van der Waals surface area contributed by atoms with E-state index in [1.54, 1.807) is 0 Å². The van der Waals surface area contributed by atoms with Crippen molar-refractivity contribution in [3.05, 3.63) is 0 Å². The van der Waals surface area contributed by atoms with Crippen molar-refractivity contribution in [1.82, 2.24) is 10.2 Å². The minimum Gasteiger partial charge on any atom is -0.480 e. The quantitative estimate of drug-likeness (QED) is 0.561. The first-order chi connectivity index (χ1) is 9.95. The second-order valence-electron chi connectivity index (χ2n) is 5.16. The molecule has 1 heterocycles. The van der Waals surface area contributed by atoms with Gasteiger partial charge in [0.2, 0.25) is 5.91 Å². The fourth-order valence-electron chi connectivity index (χ4n) is 2.32. The summed E-state index contributed by atoms with van der Waals surface area (Å²) >= 11 is 0. The number of likely N-dealkylation sites (tertiary alicyclic amines) is 1. The molecule has 4 N–H and O–H groups in total. The molecule has 1 aliphatic heterocycles. The molecular formula is C13H23N3O5. The number of nitrogens with one attached hydrogen (secondary N) is 1. The van der Waals surface area contributed by atoms with Crippen LogP contribution in [0, 0.1) is 5.92 Å². The molecule has 1 fully saturated rings. The van der Waals surface area contributed by atoms with Gasteiger partial charge in [-0.15, -0.1) is 0 Å². The molecule has 21 heavy (non-hydrogen) atoms. The normalized spacial score (nSPS) is 19.9. The van der Waals surface area contributed by atoms with Crippen LogP contribution in [0.4, 0.5) is 4.79 Å². The summed E-state index contributed by atoms with van der Waals surface area (Å²) < 4.78 is 4.87. The molecule has 3 amide bonds. The third-order valence-electron chi connectivity index (χ3n) is 3.55. The maximum Gasteiger partial charge on any atom is 0.326 e. The topological polar surface area (TPSA) is 122 Å². The number of piperidine rings is 1. The molecule has 1 saturated heterocycles. The molecule has 2 unspecified atom stereocenters. The number of carboxylic acid groups (broad SMARTS) is 1. The summed E-state index contributed by atoms with van der Waals surface area (Å²) in [6.45, 7) is 1.18. The van der Waals surface area contributed by atoms with Crippen molar-refractivity contribution in [3.63, 3.8) is 0 Å². The molecule has 1 aliphatic rings. The van der Waals surface area contributed by atoms with Crippen LogP contribution in [0.2, 0.25) is 0 Å². The number of primary amides is 1. The number of carboxylic acids is 1. The van der Waals surface area contributed by atoms with Crippen LogP contribution in [0.3, 0.4) is 0 Å². The van der Waals surface area contributed by atoms with E-state index in [4.69, 9.17) is 15.6 Å². The molecule has 0 aromatic carbocycles. The molecule has 0 aromatic rings. The highest BCUT2D eigenvalue weighted by molar-refractivity contribution is 5.83. The predicted molar refractivity (Wildman–Crippen MR) is 74.6 cm³/mol. The van der Waals surface area contributed by atoms with Gasteiger partial charge in [0.25, 0.3) is 0 Å². The van der Waals surface area contributed by atoms with Crippen molar-refractivity contribution in [3.8, 4) is 0 Å². The smallest absolute Gasteiger partial charge is 0.326 e. The average molecular weight is 301 g/mol. The number of rotatable bonds is 7. The van der Waals surface area contributed by atoms with Crippen LogP contribution in [0.15, 0.2) is 0 Å². The summed E-state index contributed by atoms with van der Waals surface area (Å²) in [6, 6.07) is -1.42. The number of nitrogens with two attached hydrogens (primary N) is 1. The molecular weight excluding hydrogens is 278 g/mol. The van der Waals surface area contributed by atoms with Crippen LogP contribution < -0.4 is 11.1 Å². The number of carbonyl (C=O) groups is 3. The maximum absolute atomic E-state index is 12.1. The lowest BCUT2D eigenvalue weighted by molar-refractivity contribution is -0.139. The second-order valence-corrected chi connectivity index (χ2v) is 5.16. The fraction of sp³-hybridized carbons (Fsp3) is 0.769. The van der Waals surface area contributed by atoms with Crippen LogP contribution in [-0.4, -0.2) is 60.8 Å². The zero-order valence-corrected chi connectivity index (χ0v) is 12.2. The number of methoxy groups -OCH3 is 1. The third-order valence-corrected chi connectivity index (χ3v) is 3.55. The molecule has 0 aliphatic carbocycles. The Labute approximate surface area is 123 Å². The van der Waals surface area contributed by atoms with E-state index in [0.717, 1.165) is 0 Å². The summed E-state index contributed by atoms with van der Waals surface area (Å²) in [5, 5.41) is 11.6. The van der Waals surface area contributed by atoms with Gasteiger partial charge in [-0.2, -0.15) is 0 Å². The number of ether oxygens (including phenoxy) is 1. The number of hydrogen-bond donors (Lipinski definition) is 3. The number of amides is 3. The van der Waals surface area contributed by atoms with Gasteiger partial charge in [-0.05, 0) is 25.7 Å². The molecule has 0 spiro atoms. The lowest BCUT2D eigenvalue weighted by Gasteiger charge is -2.32. The van der Waals surface area contributed by atoms with Gasteiger partial charge in [0.05, 0.1) is 5.92 Å². The highest BCUT2D eigenvalue weighted by atomic mass is 16.5. The highest BCUT2D eigenvalue weighted by Gasteiger charge is 2.29. The molecule has 2 atom stereocenters. The molecule has 0 radical (unpaired) electrons. The largest absolute Gasteiger partial charge is 0.480 e. The average Bonchev–Trinajstić information content (AvgIpc) is 2.46. The van der Waals surface area contributed by atoms with Crippen LogP contribution >= 0.6 is 0 Å². The van der Waals surface area contributed by atoms with Crippen LogP contribution in [0.25, 0.3) is 0 Å². The molecule has 0 saturated carbocycles. The van der Waals surface area contributed by atoms with Gasteiger partial charge in [0.1, 0.15) is 6.04 Å². The first-order valence-corrected chi connectivity index (χ1v) is 7.02. The third kappa shape index (κ3) is 5.58. The number of nitrogens with zero attached hydrogens (tertiary/aromatic N) is 1. The molecule has 8 nitrogen and oxygen atoms in total. The Bertz CT molecular complexity index is 388. The van der Waals surface area contributed by atoms with Gasteiger partial charge < -0.3 is 25.8 Å². The first-order valence-electron chi connectivity index (χ1n) is 7.02. The fourth-order valence-corrected chi connectivity index (χ4v) is 2.32. The summed E-state index contributed by atoms with van der Waals surface area (Å²) in [6.07, 6.45) is 2.18. The zero-order valence-electron chi connectivity index (χ0n) is 12.2. The van der Waals surface area contributed by atoms with Crippen LogP contribution in [0.5, 0.6) is 0 Å². The molecule has 0 aromatic heterocycles. The molecule has 120 valence electrons. The minimum atomic E-state index is -1.08. The SMILES string of the molecule is COCCCC(NC(=O)N1CCCC(C(N)=O)C1)C(=O)O. The second kappa shape index (κ2) is 8.46. The Hall–Kier alpha value is -1.83. The van der Waals surface area contributed by atoms with Crippen LogP contribution in [0.1, 0.15) is 25.7 Å². The number of urea groups is 1. The van der Waals surface area contributed by atoms with Crippen molar-refractivity contribution < 1.29 is 24.2 Å². The summed E-state index contributed by atoms with van der Waals surface area (Å²) in [5.41, 5.74) is 5.25. The lowest BCUT2D eigenvalue weighted by atomic mass is 9.98. The Morgan fingerprint density at radius 1 is 1.48 bits per heavy atom. The van der Waals surface area contributed by atoms with E-state index >= 15 is 0 Å². The van der Waals surface area contributed by atoms with Crippen molar-refractivity contribution >= 4 is 17.9 Å². The Balaban J connectivity index is 2.52. The molecule has 0 bridgehead atoms. The van der Waals surface area contributed by atoms with Gasteiger partial charge in [0, 0.05) is 26.8 Å². The van der Waals surface area contributed by atoms with E-state index < -0.39 is 23.9 Å². The van der Waals surface area contributed by atoms with E-state index in [1.807, 2.05) is 0 Å². The van der Waals surface area contributed by atoms with Gasteiger partial charge in [0.15, 0.2) is 0 Å². The predicted octanol–water partition coefficient (Wildman–Crippen LogP) is -0.227. The zero-order chi connectivity index (χ0) is 15.8. The van der Waals surface area contributed by atoms with Gasteiger partial charge in [-0.25, -0.2) is 9.59 Å². The van der Waals surface area contributed by atoms with Gasteiger partial charge in [-0.1, -0.05) is 0 Å². The number of carbonyl (C=O) groups excluding carboxylic acids is 2. The number of hydrogen-bond acceptors (Lipinski definition) is 4. The summed E-state index contributed by atoms with van der Waals surface area (Å²) in [5.74, 6) is -1.87. The van der Waals surface area contributed by atoms with Crippen molar-refractivity contribution in [2.75, 3.05) is 26.8 Å². The highest BCUT2D eigenvalue weighted by Crippen LogP contribution is 2.16. The maximum atomic E-state index is 12.1. The molecule has 8 heteroatoms. The lowest BCUT2D eigenvalue weighted by Crippen LogP contribution is -2.52. The van der Waals surface area contributed by atoms with Crippen molar-refractivity contribution in [1.29, 1.82) is 0 Å². The van der Waals surface area contributed by atoms with Crippen molar-refractivity contribution in [2.45, 2.75) is 31.7 Å². The first kappa shape index (κ1) is 17.2. The Morgan fingerprint density at radius 2 is 2.19 bits per heavy atom. The van der Waals surface area contributed by atoms with Crippen LogP contribution in [-0.2, 0) is 14.3 Å². The van der Waals surface area contributed by atoms with E-state index in [1.165, 1.54) is 12.0 Å². The van der Waals surface area contributed by atoms with E-state index in [9.17, 15) is 14.4 Å². The molecule has 1 rings (SSSR count). The Kier molecular flexibility index (Phi) is 6.93. The monoisotopic (exact) mass is 301 g/mol. The van der Waals surface area contributed by atoms with E-state index in [2.05, 4.69) is 5.32 Å². The van der Waals surface area contributed by atoms with E-state index in [-0.39, 0.29) is 12.5 Å².